The molecule has 6 nitrogen and oxygen atoms in total. The molecule has 0 unspecified atom stereocenters. The van der Waals surface area contributed by atoms with Gasteiger partial charge in [-0.25, -0.2) is 0 Å². The molecule has 0 saturated carbocycles. The number of nitrogens with one attached hydrogen (secondary N) is 1. The van der Waals surface area contributed by atoms with Gasteiger partial charge in [-0.05, 0) is 44.9 Å². The van der Waals surface area contributed by atoms with Gasteiger partial charge in [0.15, 0.2) is 6.61 Å². The topological polar surface area (TPSA) is 81.4 Å². The van der Waals surface area contributed by atoms with E-state index < -0.39 is 5.97 Å². The van der Waals surface area contributed by atoms with Crippen LogP contribution in [-0.4, -0.2) is 29.4 Å². The fourth-order valence-electron chi connectivity index (χ4n) is 2.20. The molecule has 7 heteroatoms. The largest absolute Gasteiger partial charge is 0.455 e. The fourth-order valence-corrected chi connectivity index (χ4v) is 3.17. The summed E-state index contributed by atoms with van der Waals surface area (Å²) in [6.45, 7) is 7.32. The first kappa shape index (κ1) is 19.1. The first-order valence-electron chi connectivity index (χ1n) is 7.89. The number of aryl methyl sites for hydroxylation is 3. The van der Waals surface area contributed by atoms with Crippen molar-refractivity contribution in [3.8, 4) is 0 Å². The van der Waals surface area contributed by atoms with Gasteiger partial charge < -0.3 is 14.6 Å². The second kappa shape index (κ2) is 8.71. The van der Waals surface area contributed by atoms with Crippen LogP contribution < -0.4 is 5.32 Å². The summed E-state index contributed by atoms with van der Waals surface area (Å²) in [7, 11) is 0. The Balaban J connectivity index is 1.72. The van der Waals surface area contributed by atoms with Crippen molar-refractivity contribution in [2.24, 2.45) is 0 Å². The summed E-state index contributed by atoms with van der Waals surface area (Å²) in [4.78, 5) is 23.7. The number of hydrogen-bond acceptors (Lipinski definition) is 6. The Labute approximate surface area is 151 Å². The standard InChI is InChI=1S/C18H22N2O4S/c1-11-6-5-7-16(12(11)2)19-17(21)8-23-18(22)10-25-9-15-13(3)20-24-14(15)4/h5-7H,8-10H2,1-4H3,(H,19,21). The third-order valence-electron chi connectivity index (χ3n) is 3.89. The van der Waals surface area contributed by atoms with E-state index in [1.807, 2.05) is 45.9 Å². The molecule has 134 valence electrons. The molecule has 0 saturated heterocycles. The highest BCUT2D eigenvalue weighted by Crippen LogP contribution is 2.20. The molecular formula is C18H22N2O4S. The number of hydrogen-bond donors (Lipinski definition) is 1. The Morgan fingerprint density at radius 1 is 1.24 bits per heavy atom. The number of anilines is 1. The molecule has 0 atom stereocenters. The summed E-state index contributed by atoms with van der Waals surface area (Å²) in [5.41, 5.74) is 4.63. The van der Waals surface area contributed by atoms with Crippen molar-refractivity contribution in [2.75, 3.05) is 17.7 Å². The van der Waals surface area contributed by atoms with Crippen LogP contribution in [0.5, 0.6) is 0 Å². The SMILES string of the molecule is Cc1cccc(NC(=O)COC(=O)CSCc2c(C)noc2C)c1C. The zero-order valence-corrected chi connectivity index (χ0v) is 15.7. The molecule has 25 heavy (non-hydrogen) atoms. The van der Waals surface area contributed by atoms with Crippen LogP contribution in [0.15, 0.2) is 22.7 Å². The van der Waals surface area contributed by atoms with E-state index >= 15 is 0 Å². The number of benzene rings is 1. The predicted molar refractivity (Wildman–Crippen MR) is 97.6 cm³/mol. The number of nitrogens with zero attached hydrogens (tertiary/aromatic N) is 1. The van der Waals surface area contributed by atoms with E-state index in [2.05, 4.69) is 10.5 Å². The summed E-state index contributed by atoms with van der Waals surface area (Å²) in [5, 5.41) is 6.63. The number of carbonyl (C=O) groups is 2. The maximum absolute atomic E-state index is 11.9. The molecule has 1 N–H and O–H groups in total. The van der Waals surface area contributed by atoms with E-state index in [0.717, 1.165) is 33.8 Å². The first-order valence-corrected chi connectivity index (χ1v) is 9.05. The Morgan fingerprint density at radius 3 is 2.68 bits per heavy atom. The highest BCUT2D eigenvalue weighted by molar-refractivity contribution is 7.99. The van der Waals surface area contributed by atoms with E-state index in [4.69, 9.17) is 9.26 Å². The summed E-state index contributed by atoms with van der Waals surface area (Å²) in [6.07, 6.45) is 0. The zero-order chi connectivity index (χ0) is 18.4. The van der Waals surface area contributed by atoms with Gasteiger partial charge in [0, 0.05) is 17.0 Å². The molecule has 1 aromatic carbocycles. The number of esters is 1. The highest BCUT2D eigenvalue weighted by Gasteiger charge is 2.12. The molecule has 0 aliphatic carbocycles. The van der Waals surface area contributed by atoms with Crippen molar-refractivity contribution in [1.82, 2.24) is 5.16 Å². The van der Waals surface area contributed by atoms with E-state index in [-0.39, 0.29) is 18.3 Å². The first-order chi connectivity index (χ1) is 11.9. The second-order valence-corrected chi connectivity index (χ2v) is 6.74. The lowest BCUT2D eigenvalue weighted by Crippen LogP contribution is -2.22. The van der Waals surface area contributed by atoms with Crippen molar-refractivity contribution in [1.29, 1.82) is 0 Å². The molecule has 0 fully saturated rings. The molecule has 2 rings (SSSR count). The number of amides is 1. The molecule has 1 heterocycles. The third-order valence-corrected chi connectivity index (χ3v) is 4.82. The van der Waals surface area contributed by atoms with Gasteiger partial charge in [0.2, 0.25) is 0 Å². The van der Waals surface area contributed by atoms with E-state index in [1.54, 1.807) is 0 Å². The number of aromatic nitrogens is 1. The maximum Gasteiger partial charge on any atom is 0.316 e. The highest BCUT2D eigenvalue weighted by atomic mass is 32.2. The third kappa shape index (κ3) is 5.35. The minimum Gasteiger partial charge on any atom is -0.455 e. The van der Waals surface area contributed by atoms with E-state index in [9.17, 15) is 9.59 Å². The van der Waals surface area contributed by atoms with Gasteiger partial charge in [-0.15, -0.1) is 11.8 Å². The van der Waals surface area contributed by atoms with Gasteiger partial charge in [0.1, 0.15) is 5.76 Å². The number of carbonyl (C=O) groups excluding carboxylic acids is 2. The van der Waals surface area contributed by atoms with Gasteiger partial charge in [-0.1, -0.05) is 17.3 Å². The van der Waals surface area contributed by atoms with Gasteiger partial charge in [-0.2, -0.15) is 0 Å². The van der Waals surface area contributed by atoms with Crippen LogP contribution in [0.1, 0.15) is 28.1 Å². The van der Waals surface area contributed by atoms with Crippen LogP contribution in [0, 0.1) is 27.7 Å². The number of thioether (sulfide) groups is 1. The van der Waals surface area contributed by atoms with Gasteiger partial charge in [0.25, 0.3) is 5.91 Å². The minimum atomic E-state index is -0.423. The van der Waals surface area contributed by atoms with Crippen LogP contribution in [0.4, 0.5) is 5.69 Å². The summed E-state index contributed by atoms with van der Waals surface area (Å²) < 4.78 is 10.1. The molecular weight excluding hydrogens is 340 g/mol. The molecule has 1 aromatic heterocycles. The fraction of sp³-hybridized carbons (Fsp3) is 0.389. The Kier molecular flexibility index (Phi) is 6.64. The normalized spacial score (nSPS) is 10.6. The molecule has 0 bridgehead atoms. The zero-order valence-electron chi connectivity index (χ0n) is 14.8. The van der Waals surface area contributed by atoms with Crippen molar-refractivity contribution >= 4 is 29.3 Å². The Hall–Kier alpha value is -2.28. The summed E-state index contributed by atoms with van der Waals surface area (Å²) >= 11 is 1.40. The quantitative estimate of drug-likeness (QED) is 0.761. The van der Waals surface area contributed by atoms with Gasteiger partial charge in [0.05, 0.1) is 11.4 Å². The van der Waals surface area contributed by atoms with Gasteiger partial charge in [-0.3, -0.25) is 9.59 Å². The lowest BCUT2D eigenvalue weighted by Gasteiger charge is -2.10. The average molecular weight is 362 g/mol. The summed E-state index contributed by atoms with van der Waals surface area (Å²) in [5.74, 6) is 0.767. The lowest BCUT2D eigenvalue weighted by molar-refractivity contribution is -0.144. The van der Waals surface area contributed by atoms with Crippen LogP contribution >= 0.6 is 11.8 Å². The molecule has 0 spiro atoms. The predicted octanol–water partition coefficient (Wildman–Crippen LogP) is 3.32. The smallest absolute Gasteiger partial charge is 0.316 e. The average Bonchev–Trinajstić information content (AvgIpc) is 2.89. The van der Waals surface area contributed by atoms with Crippen molar-refractivity contribution in [3.63, 3.8) is 0 Å². The van der Waals surface area contributed by atoms with Crippen molar-refractivity contribution in [2.45, 2.75) is 33.4 Å². The van der Waals surface area contributed by atoms with Crippen LogP contribution in [0.25, 0.3) is 0 Å². The summed E-state index contributed by atoms with van der Waals surface area (Å²) in [6, 6.07) is 5.66. The molecule has 0 radical (unpaired) electrons. The van der Waals surface area contributed by atoms with Crippen LogP contribution in [0.3, 0.4) is 0 Å². The lowest BCUT2D eigenvalue weighted by atomic mass is 10.1. The number of ether oxygens (including phenoxy) is 1. The minimum absolute atomic E-state index is 0.167. The monoisotopic (exact) mass is 362 g/mol. The maximum atomic E-state index is 11.9. The number of rotatable bonds is 7. The van der Waals surface area contributed by atoms with E-state index in [0.29, 0.717) is 5.75 Å². The second-order valence-electron chi connectivity index (χ2n) is 5.75. The molecule has 0 aliphatic heterocycles. The molecule has 2 aromatic rings. The molecule has 0 aliphatic rings. The van der Waals surface area contributed by atoms with Crippen LogP contribution in [-0.2, 0) is 20.1 Å². The van der Waals surface area contributed by atoms with Gasteiger partial charge >= 0.3 is 5.97 Å². The van der Waals surface area contributed by atoms with E-state index in [1.165, 1.54) is 11.8 Å². The Bertz CT molecular complexity index is 751. The molecule has 1 amide bonds. The van der Waals surface area contributed by atoms with Crippen molar-refractivity contribution < 1.29 is 18.8 Å². The van der Waals surface area contributed by atoms with Crippen LogP contribution in [0.2, 0.25) is 0 Å². The van der Waals surface area contributed by atoms with Crippen molar-refractivity contribution in [3.05, 3.63) is 46.3 Å². The Morgan fingerprint density at radius 2 is 2.00 bits per heavy atom.